The summed E-state index contributed by atoms with van der Waals surface area (Å²) >= 11 is 18.3. The molecule has 1 aliphatic rings. The number of anilines is 1. The molecule has 0 bridgehead atoms. The lowest BCUT2D eigenvalue weighted by Gasteiger charge is -2.40. The van der Waals surface area contributed by atoms with Crippen LogP contribution in [0.5, 0.6) is 0 Å². The second-order valence-electron chi connectivity index (χ2n) is 4.73. The van der Waals surface area contributed by atoms with E-state index in [0.29, 0.717) is 27.2 Å². The first-order valence-electron chi connectivity index (χ1n) is 6.17. The molecule has 0 aromatic heterocycles. The largest absolute Gasteiger partial charge is 0.365 e. The monoisotopic (exact) mass is 306 g/mol. The zero-order valence-electron chi connectivity index (χ0n) is 10.5. The lowest BCUT2D eigenvalue weighted by molar-refractivity contribution is 0.397. The number of halogens is 3. The smallest absolute Gasteiger partial charge is 0.0655 e. The number of hydrogen-bond acceptors (Lipinski definition) is 2. The van der Waals surface area contributed by atoms with Crippen LogP contribution in [0.3, 0.4) is 0 Å². The SMILES string of the molecule is CCC1CN(c2cc(Cl)c(Cl)cc2Cl)C(C)CN1. The van der Waals surface area contributed by atoms with Gasteiger partial charge in [-0.15, -0.1) is 0 Å². The predicted molar refractivity (Wildman–Crippen MR) is 80.4 cm³/mol. The standard InChI is InChI=1S/C13H17Cl3N2/c1-3-9-7-18(8(2)6-17-9)13-5-11(15)10(14)4-12(13)16/h4-5,8-9,17H,3,6-7H2,1-2H3. The molecule has 2 atom stereocenters. The van der Waals surface area contributed by atoms with Crippen LogP contribution in [0, 0.1) is 0 Å². The molecule has 1 aliphatic heterocycles. The van der Waals surface area contributed by atoms with Crippen molar-refractivity contribution in [1.82, 2.24) is 5.32 Å². The van der Waals surface area contributed by atoms with E-state index >= 15 is 0 Å². The highest BCUT2D eigenvalue weighted by Gasteiger charge is 2.26. The summed E-state index contributed by atoms with van der Waals surface area (Å²) in [4.78, 5) is 2.30. The Balaban J connectivity index is 2.31. The van der Waals surface area contributed by atoms with Gasteiger partial charge in [0.15, 0.2) is 0 Å². The van der Waals surface area contributed by atoms with Gasteiger partial charge in [0.2, 0.25) is 0 Å². The molecule has 100 valence electrons. The first kappa shape index (κ1) is 14.3. The van der Waals surface area contributed by atoms with Crippen molar-refractivity contribution in [2.45, 2.75) is 32.4 Å². The van der Waals surface area contributed by atoms with E-state index in [0.717, 1.165) is 25.2 Å². The molecular formula is C13H17Cl3N2. The van der Waals surface area contributed by atoms with Crippen molar-refractivity contribution in [2.24, 2.45) is 0 Å². The van der Waals surface area contributed by atoms with E-state index in [4.69, 9.17) is 34.8 Å². The number of hydrogen-bond donors (Lipinski definition) is 1. The summed E-state index contributed by atoms with van der Waals surface area (Å²) in [7, 11) is 0. The average molecular weight is 308 g/mol. The third-order valence-electron chi connectivity index (χ3n) is 3.44. The Morgan fingerprint density at radius 1 is 1.22 bits per heavy atom. The molecule has 1 aromatic carbocycles. The van der Waals surface area contributed by atoms with Gasteiger partial charge in [0, 0.05) is 25.2 Å². The molecule has 2 unspecified atom stereocenters. The minimum Gasteiger partial charge on any atom is -0.365 e. The van der Waals surface area contributed by atoms with Crippen LogP contribution >= 0.6 is 34.8 Å². The Labute approximate surface area is 123 Å². The fourth-order valence-electron chi connectivity index (χ4n) is 2.27. The molecule has 2 rings (SSSR count). The molecule has 5 heteroatoms. The van der Waals surface area contributed by atoms with Gasteiger partial charge in [-0.1, -0.05) is 41.7 Å². The summed E-state index contributed by atoms with van der Waals surface area (Å²) in [5.41, 5.74) is 0.971. The maximum atomic E-state index is 6.29. The van der Waals surface area contributed by atoms with Gasteiger partial charge in [-0.05, 0) is 25.5 Å². The molecule has 0 saturated carbocycles. The Bertz CT molecular complexity index is 436. The summed E-state index contributed by atoms with van der Waals surface area (Å²) in [5.74, 6) is 0. The van der Waals surface area contributed by atoms with Gasteiger partial charge in [0.25, 0.3) is 0 Å². The third-order valence-corrected chi connectivity index (χ3v) is 4.47. The topological polar surface area (TPSA) is 15.3 Å². The molecule has 1 aromatic rings. The molecule has 0 aliphatic carbocycles. The summed E-state index contributed by atoms with van der Waals surface area (Å²) in [6, 6.07) is 4.46. The molecule has 0 amide bonds. The van der Waals surface area contributed by atoms with Gasteiger partial charge >= 0.3 is 0 Å². The van der Waals surface area contributed by atoms with Crippen LogP contribution in [0.2, 0.25) is 15.1 Å². The molecule has 1 fully saturated rings. The van der Waals surface area contributed by atoms with Crippen LogP contribution in [0.25, 0.3) is 0 Å². The van der Waals surface area contributed by atoms with Crippen LogP contribution in [-0.2, 0) is 0 Å². The lowest BCUT2D eigenvalue weighted by Crippen LogP contribution is -2.55. The molecule has 1 saturated heterocycles. The highest BCUT2D eigenvalue weighted by molar-refractivity contribution is 6.44. The quantitative estimate of drug-likeness (QED) is 0.823. The molecule has 18 heavy (non-hydrogen) atoms. The molecule has 2 nitrogen and oxygen atoms in total. The van der Waals surface area contributed by atoms with Crippen molar-refractivity contribution < 1.29 is 0 Å². The van der Waals surface area contributed by atoms with Gasteiger partial charge in [-0.2, -0.15) is 0 Å². The Morgan fingerprint density at radius 3 is 2.56 bits per heavy atom. The molecule has 1 N–H and O–H groups in total. The van der Waals surface area contributed by atoms with Crippen LogP contribution < -0.4 is 10.2 Å². The first-order chi connectivity index (χ1) is 8.52. The number of benzene rings is 1. The van der Waals surface area contributed by atoms with Crippen molar-refractivity contribution in [3.05, 3.63) is 27.2 Å². The average Bonchev–Trinajstić information content (AvgIpc) is 2.35. The fourth-order valence-corrected chi connectivity index (χ4v) is 2.92. The van der Waals surface area contributed by atoms with Crippen molar-refractivity contribution >= 4 is 40.5 Å². The second-order valence-corrected chi connectivity index (χ2v) is 5.95. The number of nitrogens with one attached hydrogen (secondary N) is 1. The number of nitrogens with zero attached hydrogens (tertiary/aromatic N) is 1. The second kappa shape index (κ2) is 5.87. The van der Waals surface area contributed by atoms with Gasteiger partial charge in [-0.25, -0.2) is 0 Å². The van der Waals surface area contributed by atoms with E-state index in [1.165, 1.54) is 0 Å². The molecule has 0 radical (unpaired) electrons. The molecular weight excluding hydrogens is 291 g/mol. The van der Waals surface area contributed by atoms with Crippen LogP contribution in [0.4, 0.5) is 5.69 Å². The van der Waals surface area contributed by atoms with E-state index in [-0.39, 0.29) is 0 Å². The Morgan fingerprint density at radius 2 is 1.89 bits per heavy atom. The van der Waals surface area contributed by atoms with Crippen LogP contribution in [-0.4, -0.2) is 25.2 Å². The minimum absolute atomic E-state index is 0.391. The van der Waals surface area contributed by atoms with Crippen LogP contribution in [0.15, 0.2) is 12.1 Å². The number of rotatable bonds is 2. The summed E-state index contributed by atoms with van der Waals surface area (Å²) in [6.07, 6.45) is 1.10. The van der Waals surface area contributed by atoms with E-state index < -0.39 is 0 Å². The molecule has 1 heterocycles. The number of piperazine rings is 1. The zero-order chi connectivity index (χ0) is 13.3. The summed E-state index contributed by atoms with van der Waals surface area (Å²) in [6.45, 7) is 6.25. The van der Waals surface area contributed by atoms with E-state index in [9.17, 15) is 0 Å². The predicted octanol–water partition coefficient (Wildman–Crippen LogP) is 4.22. The molecule has 0 spiro atoms. The maximum absolute atomic E-state index is 6.29. The van der Waals surface area contributed by atoms with Gasteiger partial charge in [0.05, 0.1) is 20.8 Å². The van der Waals surface area contributed by atoms with Gasteiger partial charge in [0.1, 0.15) is 0 Å². The summed E-state index contributed by atoms with van der Waals surface area (Å²) in [5, 5.41) is 5.23. The Hall–Kier alpha value is -0.150. The van der Waals surface area contributed by atoms with Gasteiger partial charge in [-0.3, -0.25) is 0 Å². The van der Waals surface area contributed by atoms with Crippen molar-refractivity contribution in [2.75, 3.05) is 18.0 Å². The zero-order valence-corrected chi connectivity index (χ0v) is 12.8. The Kier molecular flexibility index (Phi) is 4.65. The van der Waals surface area contributed by atoms with Gasteiger partial charge < -0.3 is 10.2 Å². The van der Waals surface area contributed by atoms with E-state index in [1.54, 1.807) is 6.07 Å². The lowest BCUT2D eigenvalue weighted by atomic mass is 10.1. The fraction of sp³-hybridized carbons (Fsp3) is 0.538. The van der Waals surface area contributed by atoms with Crippen molar-refractivity contribution in [1.29, 1.82) is 0 Å². The summed E-state index contributed by atoms with van der Waals surface area (Å²) < 4.78 is 0. The van der Waals surface area contributed by atoms with Crippen molar-refractivity contribution in [3.63, 3.8) is 0 Å². The normalized spacial score (nSPS) is 24.4. The third kappa shape index (κ3) is 2.88. The van der Waals surface area contributed by atoms with E-state index in [1.807, 2.05) is 6.07 Å². The van der Waals surface area contributed by atoms with Crippen molar-refractivity contribution in [3.8, 4) is 0 Å². The van der Waals surface area contributed by atoms with E-state index in [2.05, 4.69) is 24.1 Å². The maximum Gasteiger partial charge on any atom is 0.0655 e. The van der Waals surface area contributed by atoms with Crippen LogP contribution in [0.1, 0.15) is 20.3 Å². The minimum atomic E-state index is 0.391. The first-order valence-corrected chi connectivity index (χ1v) is 7.31. The highest BCUT2D eigenvalue weighted by atomic mass is 35.5. The highest BCUT2D eigenvalue weighted by Crippen LogP contribution is 2.36.